The summed E-state index contributed by atoms with van der Waals surface area (Å²) in [7, 11) is 1.70. The van der Waals surface area contributed by atoms with Crippen molar-refractivity contribution in [2.45, 2.75) is 13.3 Å². The Morgan fingerprint density at radius 1 is 1.29 bits per heavy atom. The van der Waals surface area contributed by atoms with Gasteiger partial charge in [0.25, 0.3) is 0 Å². The van der Waals surface area contributed by atoms with Crippen LogP contribution in [-0.2, 0) is 6.42 Å². The molecule has 0 aliphatic carbocycles. The highest BCUT2D eigenvalue weighted by Gasteiger charge is 2.06. The van der Waals surface area contributed by atoms with E-state index in [0.717, 1.165) is 17.7 Å². The van der Waals surface area contributed by atoms with E-state index in [1.54, 1.807) is 7.11 Å². The van der Waals surface area contributed by atoms with Crippen molar-refractivity contribution in [1.29, 1.82) is 0 Å². The molecule has 0 amide bonds. The molecule has 1 heterocycles. The van der Waals surface area contributed by atoms with Gasteiger partial charge in [0, 0.05) is 17.1 Å². The van der Waals surface area contributed by atoms with Crippen LogP contribution < -0.4 is 4.74 Å². The minimum Gasteiger partial charge on any atom is -0.496 e. The zero-order valence-corrected chi connectivity index (χ0v) is 8.45. The van der Waals surface area contributed by atoms with Gasteiger partial charge < -0.3 is 4.74 Å². The highest BCUT2D eigenvalue weighted by molar-refractivity contribution is 5.83. The van der Waals surface area contributed by atoms with Crippen molar-refractivity contribution >= 4 is 10.9 Å². The third-order valence-corrected chi connectivity index (χ3v) is 2.41. The molecule has 0 saturated carbocycles. The standard InChI is InChI=1S/C12H13NO/c1-3-10-11(14-2)7-6-9-5-4-8-13-12(9)10/h4-8H,3H2,1-2H3. The summed E-state index contributed by atoms with van der Waals surface area (Å²) in [5.74, 6) is 0.929. The number of ether oxygens (including phenoxy) is 1. The summed E-state index contributed by atoms with van der Waals surface area (Å²) >= 11 is 0. The molecule has 0 bridgehead atoms. The van der Waals surface area contributed by atoms with E-state index in [1.165, 1.54) is 10.9 Å². The summed E-state index contributed by atoms with van der Waals surface area (Å²) in [6, 6.07) is 8.07. The lowest BCUT2D eigenvalue weighted by Crippen LogP contribution is -1.93. The molecular formula is C12H13NO. The molecular weight excluding hydrogens is 174 g/mol. The van der Waals surface area contributed by atoms with Crippen LogP contribution in [0.2, 0.25) is 0 Å². The maximum absolute atomic E-state index is 5.30. The monoisotopic (exact) mass is 187 g/mol. The number of benzene rings is 1. The molecule has 1 aromatic carbocycles. The van der Waals surface area contributed by atoms with Crippen molar-refractivity contribution in [1.82, 2.24) is 4.98 Å². The second kappa shape index (κ2) is 3.66. The number of hydrogen-bond donors (Lipinski definition) is 0. The van der Waals surface area contributed by atoms with Gasteiger partial charge in [0.1, 0.15) is 5.75 Å². The van der Waals surface area contributed by atoms with Crippen LogP contribution >= 0.6 is 0 Å². The zero-order chi connectivity index (χ0) is 9.97. The molecule has 0 fully saturated rings. The van der Waals surface area contributed by atoms with Crippen LogP contribution in [0.25, 0.3) is 10.9 Å². The summed E-state index contributed by atoms with van der Waals surface area (Å²) in [5.41, 5.74) is 2.24. The molecule has 0 atom stereocenters. The molecule has 0 spiro atoms. The first kappa shape index (κ1) is 9.00. The second-order valence-corrected chi connectivity index (χ2v) is 3.18. The van der Waals surface area contributed by atoms with E-state index < -0.39 is 0 Å². The Bertz CT molecular complexity index is 451. The van der Waals surface area contributed by atoms with Crippen molar-refractivity contribution in [2.24, 2.45) is 0 Å². The Labute approximate surface area is 83.5 Å². The normalized spacial score (nSPS) is 10.4. The van der Waals surface area contributed by atoms with Gasteiger partial charge in [0.2, 0.25) is 0 Å². The zero-order valence-electron chi connectivity index (χ0n) is 8.45. The van der Waals surface area contributed by atoms with E-state index in [0.29, 0.717) is 0 Å². The molecule has 14 heavy (non-hydrogen) atoms. The van der Waals surface area contributed by atoms with Crippen LogP contribution in [0.1, 0.15) is 12.5 Å². The summed E-state index contributed by atoms with van der Waals surface area (Å²) in [6.45, 7) is 2.12. The third kappa shape index (κ3) is 1.33. The Hall–Kier alpha value is -1.57. The number of pyridine rings is 1. The van der Waals surface area contributed by atoms with Gasteiger partial charge in [-0.15, -0.1) is 0 Å². The number of aryl methyl sites for hydroxylation is 1. The smallest absolute Gasteiger partial charge is 0.124 e. The van der Waals surface area contributed by atoms with Crippen LogP contribution in [-0.4, -0.2) is 12.1 Å². The van der Waals surface area contributed by atoms with E-state index in [1.807, 2.05) is 24.4 Å². The molecule has 0 N–H and O–H groups in total. The Balaban J connectivity index is 2.77. The van der Waals surface area contributed by atoms with Crippen molar-refractivity contribution in [3.63, 3.8) is 0 Å². The van der Waals surface area contributed by atoms with Gasteiger partial charge in [-0.05, 0) is 24.6 Å². The molecule has 2 heteroatoms. The topological polar surface area (TPSA) is 22.1 Å². The number of hydrogen-bond acceptors (Lipinski definition) is 2. The number of methoxy groups -OCH3 is 1. The Morgan fingerprint density at radius 3 is 2.86 bits per heavy atom. The highest BCUT2D eigenvalue weighted by Crippen LogP contribution is 2.26. The van der Waals surface area contributed by atoms with Gasteiger partial charge in [-0.25, -0.2) is 0 Å². The van der Waals surface area contributed by atoms with Gasteiger partial charge in [-0.3, -0.25) is 4.98 Å². The fourth-order valence-corrected chi connectivity index (χ4v) is 1.72. The quantitative estimate of drug-likeness (QED) is 0.721. The van der Waals surface area contributed by atoms with E-state index in [2.05, 4.69) is 18.0 Å². The molecule has 0 aliphatic heterocycles. The van der Waals surface area contributed by atoms with Crippen LogP contribution in [0, 0.1) is 0 Å². The molecule has 0 radical (unpaired) electrons. The largest absolute Gasteiger partial charge is 0.496 e. The van der Waals surface area contributed by atoms with Crippen LogP contribution in [0.15, 0.2) is 30.5 Å². The summed E-state index contributed by atoms with van der Waals surface area (Å²) in [6.07, 6.45) is 2.76. The fraction of sp³-hybridized carbons (Fsp3) is 0.250. The average Bonchev–Trinajstić information content (AvgIpc) is 2.27. The molecule has 0 unspecified atom stereocenters. The van der Waals surface area contributed by atoms with Crippen molar-refractivity contribution < 1.29 is 4.74 Å². The second-order valence-electron chi connectivity index (χ2n) is 3.18. The third-order valence-electron chi connectivity index (χ3n) is 2.41. The number of fused-ring (bicyclic) bond motifs is 1. The Kier molecular flexibility index (Phi) is 2.35. The fourth-order valence-electron chi connectivity index (χ4n) is 1.72. The molecule has 2 rings (SSSR count). The van der Waals surface area contributed by atoms with Crippen LogP contribution in [0.3, 0.4) is 0 Å². The lowest BCUT2D eigenvalue weighted by atomic mass is 10.1. The molecule has 1 aromatic heterocycles. The van der Waals surface area contributed by atoms with Gasteiger partial charge in [0.05, 0.1) is 12.6 Å². The highest BCUT2D eigenvalue weighted by atomic mass is 16.5. The Morgan fingerprint density at radius 2 is 2.14 bits per heavy atom. The molecule has 0 aliphatic rings. The van der Waals surface area contributed by atoms with E-state index >= 15 is 0 Å². The van der Waals surface area contributed by atoms with E-state index in [9.17, 15) is 0 Å². The molecule has 0 saturated heterocycles. The minimum atomic E-state index is 0.929. The minimum absolute atomic E-state index is 0.929. The summed E-state index contributed by atoms with van der Waals surface area (Å²) in [5, 5.41) is 1.17. The van der Waals surface area contributed by atoms with Crippen LogP contribution in [0.4, 0.5) is 0 Å². The SMILES string of the molecule is CCc1c(OC)ccc2cccnc12. The first-order valence-corrected chi connectivity index (χ1v) is 4.77. The van der Waals surface area contributed by atoms with Crippen molar-refractivity contribution in [2.75, 3.05) is 7.11 Å². The van der Waals surface area contributed by atoms with Gasteiger partial charge in [-0.1, -0.05) is 13.0 Å². The van der Waals surface area contributed by atoms with Crippen LogP contribution in [0.5, 0.6) is 5.75 Å². The van der Waals surface area contributed by atoms with Crippen molar-refractivity contribution in [3.8, 4) is 5.75 Å². The maximum Gasteiger partial charge on any atom is 0.124 e. The first-order valence-electron chi connectivity index (χ1n) is 4.77. The van der Waals surface area contributed by atoms with Crippen molar-refractivity contribution in [3.05, 3.63) is 36.0 Å². The lowest BCUT2D eigenvalue weighted by molar-refractivity contribution is 0.411. The van der Waals surface area contributed by atoms with Gasteiger partial charge in [-0.2, -0.15) is 0 Å². The summed E-state index contributed by atoms with van der Waals surface area (Å²) < 4.78 is 5.30. The molecule has 72 valence electrons. The number of rotatable bonds is 2. The maximum atomic E-state index is 5.30. The van der Waals surface area contributed by atoms with Gasteiger partial charge >= 0.3 is 0 Å². The summed E-state index contributed by atoms with van der Waals surface area (Å²) in [4.78, 5) is 4.38. The predicted molar refractivity (Wildman–Crippen MR) is 57.7 cm³/mol. The number of aromatic nitrogens is 1. The molecule has 2 nitrogen and oxygen atoms in total. The van der Waals surface area contributed by atoms with E-state index in [4.69, 9.17) is 4.74 Å². The number of nitrogens with zero attached hydrogens (tertiary/aromatic N) is 1. The molecule has 2 aromatic rings. The van der Waals surface area contributed by atoms with E-state index in [-0.39, 0.29) is 0 Å². The lowest BCUT2D eigenvalue weighted by Gasteiger charge is -2.08. The predicted octanol–water partition coefficient (Wildman–Crippen LogP) is 2.81. The van der Waals surface area contributed by atoms with Gasteiger partial charge in [0.15, 0.2) is 0 Å². The first-order chi connectivity index (χ1) is 6.86. The average molecular weight is 187 g/mol.